The third kappa shape index (κ3) is 2.46. The molecule has 11 heavy (non-hydrogen) atoms. The average molecular weight is 218 g/mol. The largest absolute Gasteiger partial charge is 0.264 e. The third-order valence-corrected chi connectivity index (χ3v) is 2.33. The molecule has 0 heterocycles. The molecule has 0 aromatic heterocycles. The molecule has 0 N–H and O–H groups in total. The van der Waals surface area contributed by atoms with Crippen LogP contribution in [0.5, 0.6) is 0 Å². The molecule has 0 aliphatic heterocycles. The second-order valence-corrected chi connectivity index (χ2v) is 4.10. The molecule has 4 heteroatoms. The third-order valence-electron chi connectivity index (χ3n) is 1.49. The quantitative estimate of drug-likeness (QED) is 0.403. The van der Waals surface area contributed by atoms with E-state index in [4.69, 9.17) is 0 Å². The van der Waals surface area contributed by atoms with Crippen molar-refractivity contribution < 1.29 is 4.92 Å². The molecular formula is C7H8BrNO2. The minimum atomic E-state index is -0.453. The van der Waals surface area contributed by atoms with Gasteiger partial charge < -0.3 is 0 Å². The molecule has 0 bridgehead atoms. The molecule has 1 unspecified atom stereocenters. The molecule has 0 amide bonds. The van der Waals surface area contributed by atoms with Gasteiger partial charge in [0.2, 0.25) is 6.54 Å². The Kier molecular flexibility index (Phi) is 2.44. The van der Waals surface area contributed by atoms with E-state index < -0.39 is 4.32 Å². The predicted molar refractivity (Wildman–Crippen MR) is 46.4 cm³/mol. The maximum Gasteiger partial charge on any atom is 0.222 e. The van der Waals surface area contributed by atoms with Crippen LogP contribution >= 0.6 is 15.9 Å². The van der Waals surface area contributed by atoms with Crippen LogP contribution in [-0.4, -0.2) is 15.8 Å². The number of allylic oxidation sites excluding steroid dienone is 3. The highest BCUT2D eigenvalue weighted by Gasteiger charge is 2.29. The fourth-order valence-corrected chi connectivity index (χ4v) is 1.51. The van der Waals surface area contributed by atoms with Crippen LogP contribution in [0.1, 0.15) is 6.42 Å². The van der Waals surface area contributed by atoms with Gasteiger partial charge in [0.05, 0.1) is 0 Å². The summed E-state index contributed by atoms with van der Waals surface area (Å²) in [6, 6.07) is 0. The zero-order valence-corrected chi connectivity index (χ0v) is 7.45. The Balaban J connectivity index is 2.61. The van der Waals surface area contributed by atoms with Crippen molar-refractivity contribution in [3.63, 3.8) is 0 Å². The van der Waals surface area contributed by atoms with Crippen molar-refractivity contribution in [3.8, 4) is 0 Å². The molecule has 0 saturated carbocycles. The topological polar surface area (TPSA) is 43.1 Å². The number of nitrogens with zero attached hydrogens (tertiary/aromatic N) is 1. The molecule has 3 nitrogen and oxygen atoms in total. The summed E-state index contributed by atoms with van der Waals surface area (Å²) in [5.41, 5.74) is 0. The highest BCUT2D eigenvalue weighted by Crippen LogP contribution is 2.27. The molecule has 1 aliphatic rings. The van der Waals surface area contributed by atoms with Crippen molar-refractivity contribution in [1.82, 2.24) is 0 Å². The van der Waals surface area contributed by atoms with Gasteiger partial charge >= 0.3 is 0 Å². The van der Waals surface area contributed by atoms with Crippen LogP contribution in [0, 0.1) is 10.1 Å². The Morgan fingerprint density at radius 2 is 2.36 bits per heavy atom. The van der Waals surface area contributed by atoms with Crippen molar-refractivity contribution in [2.75, 3.05) is 6.54 Å². The van der Waals surface area contributed by atoms with Gasteiger partial charge in [0.15, 0.2) is 0 Å². The molecule has 1 atom stereocenters. The first kappa shape index (κ1) is 8.46. The van der Waals surface area contributed by atoms with E-state index in [2.05, 4.69) is 15.9 Å². The highest BCUT2D eigenvalue weighted by molar-refractivity contribution is 9.10. The van der Waals surface area contributed by atoms with E-state index in [9.17, 15) is 10.1 Å². The van der Waals surface area contributed by atoms with E-state index in [1.807, 2.05) is 24.3 Å². The van der Waals surface area contributed by atoms with E-state index in [0.717, 1.165) is 0 Å². The smallest absolute Gasteiger partial charge is 0.222 e. The molecule has 0 spiro atoms. The Bertz CT molecular complexity index is 224. The van der Waals surface area contributed by atoms with Crippen LogP contribution in [-0.2, 0) is 0 Å². The lowest BCUT2D eigenvalue weighted by molar-refractivity contribution is -0.482. The molecule has 1 aliphatic carbocycles. The van der Waals surface area contributed by atoms with E-state index in [1.54, 1.807) is 0 Å². The van der Waals surface area contributed by atoms with Gasteiger partial charge in [0.1, 0.15) is 4.32 Å². The summed E-state index contributed by atoms with van der Waals surface area (Å²) in [6.07, 6.45) is 8.12. The van der Waals surface area contributed by atoms with Crippen LogP contribution in [0.15, 0.2) is 24.3 Å². The van der Waals surface area contributed by atoms with Crippen molar-refractivity contribution in [3.05, 3.63) is 34.4 Å². The zero-order valence-electron chi connectivity index (χ0n) is 5.87. The van der Waals surface area contributed by atoms with Gasteiger partial charge in [-0.15, -0.1) is 0 Å². The van der Waals surface area contributed by atoms with E-state index in [1.165, 1.54) is 0 Å². The molecule has 0 aromatic carbocycles. The first-order valence-corrected chi connectivity index (χ1v) is 4.07. The summed E-state index contributed by atoms with van der Waals surface area (Å²) in [5.74, 6) is 0. The zero-order chi connectivity index (χ0) is 8.32. The minimum absolute atomic E-state index is 0.0617. The first-order valence-electron chi connectivity index (χ1n) is 3.27. The number of rotatable bonds is 2. The SMILES string of the molecule is O=[N+]([O-])CC1(Br)C=CC=CC1. The summed E-state index contributed by atoms with van der Waals surface area (Å²) < 4.78 is -0.453. The Hall–Kier alpha value is -0.640. The molecule has 60 valence electrons. The molecule has 0 fully saturated rings. The second kappa shape index (κ2) is 3.17. The molecule has 0 aromatic rings. The number of hydrogen-bond acceptors (Lipinski definition) is 2. The molecule has 0 saturated heterocycles. The molecular weight excluding hydrogens is 210 g/mol. The maximum atomic E-state index is 10.2. The van der Waals surface area contributed by atoms with Gasteiger partial charge in [-0.25, -0.2) is 0 Å². The minimum Gasteiger partial charge on any atom is -0.264 e. The van der Waals surface area contributed by atoms with Gasteiger partial charge in [0, 0.05) is 4.92 Å². The van der Waals surface area contributed by atoms with E-state index in [0.29, 0.717) is 6.42 Å². The average Bonchev–Trinajstić information content (AvgIpc) is 1.85. The van der Waals surface area contributed by atoms with E-state index in [-0.39, 0.29) is 11.5 Å². The summed E-state index contributed by atoms with van der Waals surface area (Å²) in [7, 11) is 0. The standard InChI is InChI=1S/C7H8BrNO2/c8-7(6-9(10)11)4-2-1-3-5-7/h1-4H,5-6H2. The van der Waals surface area contributed by atoms with Crippen LogP contribution < -0.4 is 0 Å². The highest BCUT2D eigenvalue weighted by atomic mass is 79.9. The first-order chi connectivity index (χ1) is 5.12. The van der Waals surface area contributed by atoms with Crippen molar-refractivity contribution >= 4 is 15.9 Å². The summed E-state index contributed by atoms with van der Waals surface area (Å²) in [4.78, 5) is 9.88. The van der Waals surface area contributed by atoms with Crippen LogP contribution in [0.25, 0.3) is 0 Å². The predicted octanol–water partition coefficient (Wildman–Crippen LogP) is 1.91. The number of nitro groups is 1. The van der Waals surface area contributed by atoms with Crippen molar-refractivity contribution in [2.45, 2.75) is 10.7 Å². The summed E-state index contributed by atoms with van der Waals surface area (Å²) in [6.45, 7) is -0.0617. The van der Waals surface area contributed by atoms with Gasteiger partial charge in [-0.2, -0.15) is 0 Å². The van der Waals surface area contributed by atoms with E-state index >= 15 is 0 Å². The molecule has 0 radical (unpaired) electrons. The Labute approximate surface area is 73.1 Å². The van der Waals surface area contributed by atoms with Gasteiger partial charge in [0.25, 0.3) is 0 Å². The lowest BCUT2D eigenvalue weighted by atomic mass is 10.0. The summed E-state index contributed by atoms with van der Waals surface area (Å²) >= 11 is 3.32. The monoisotopic (exact) mass is 217 g/mol. The fraction of sp³-hybridized carbons (Fsp3) is 0.429. The summed E-state index contributed by atoms with van der Waals surface area (Å²) in [5, 5.41) is 10.2. The molecule has 1 rings (SSSR count). The normalized spacial score (nSPS) is 28.8. The number of alkyl halides is 1. The fourth-order valence-electron chi connectivity index (χ4n) is 0.970. The second-order valence-electron chi connectivity index (χ2n) is 2.52. The van der Waals surface area contributed by atoms with Crippen LogP contribution in [0.4, 0.5) is 0 Å². The Morgan fingerprint density at radius 1 is 1.64 bits per heavy atom. The van der Waals surface area contributed by atoms with Gasteiger partial charge in [-0.05, 0) is 6.42 Å². The van der Waals surface area contributed by atoms with Gasteiger partial charge in [-0.3, -0.25) is 10.1 Å². The van der Waals surface area contributed by atoms with Crippen LogP contribution in [0.2, 0.25) is 0 Å². The maximum absolute atomic E-state index is 10.2. The lowest BCUT2D eigenvalue weighted by Gasteiger charge is -2.18. The Morgan fingerprint density at radius 3 is 2.82 bits per heavy atom. The van der Waals surface area contributed by atoms with Gasteiger partial charge in [-0.1, -0.05) is 40.2 Å². The number of halogens is 1. The van der Waals surface area contributed by atoms with Crippen molar-refractivity contribution in [2.24, 2.45) is 0 Å². The lowest BCUT2D eigenvalue weighted by Crippen LogP contribution is -2.28. The number of hydrogen-bond donors (Lipinski definition) is 0. The van der Waals surface area contributed by atoms with Crippen molar-refractivity contribution in [1.29, 1.82) is 0 Å². The van der Waals surface area contributed by atoms with Crippen LogP contribution in [0.3, 0.4) is 0 Å².